The van der Waals surface area contributed by atoms with Crippen molar-refractivity contribution in [2.75, 3.05) is 0 Å². The molecule has 202 valence electrons. The first-order valence-electron chi connectivity index (χ1n) is 14.2. The van der Waals surface area contributed by atoms with E-state index in [9.17, 15) is 9.59 Å². The molecule has 3 aliphatic rings. The first-order chi connectivity index (χ1) is 20.7. The Hall–Kier alpha value is -5.22. The Morgan fingerprint density at radius 2 is 0.738 bits per heavy atom. The highest BCUT2D eigenvalue weighted by Gasteiger charge is 2.53. The van der Waals surface area contributed by atoms with Gasteiger partial charge in [0.2, 0.25) is 0 Å². The highest BCUT2D eigenvalue weighted by Crippen LogP contribution is 2.55. The van der Waals surface area contributed by atoms with Gasteiger partial charge in [0.15, 0.2) is 12.2 Å². The second-order valence-electron chi connectivity index (χ2n) is 11.0. The van der Waals surface area contributed by atoms with Gasteiger partial charge in [0.1, 0.15) is 0 Å². The van der Waals surface area contributed by atoms with Gasteiger partial charge in [-0.05, 0) is 55.9 Å². The zero-order valence-corrected chi connectivity index (χ0v) is 22.6. The molecule has 4 nitrogen and oxygen atoms in total. The first-order valence-corrected chi connectivity index (χ1v) is 14.2. The number of rotatable bonds is 4. The molecule has 42 heavy (non-hydrogen) atoms. The second kappa shape index (κ2) is 9.71. The van der Waals surface area contributed by atoms with Crippen LogP contribution in [0.5, 0.6) is 0 Å². The summed E-state index contributed by atoms with van der Waals surface area (Å²) in [6.45, 7) is 0. The molecular formula is C38H26O4. The van der Waals surface area contributed by atoms with Crippen LogP contribution in [-0.4, -0.2) is 24.1 Å². The van der Waals surface area contributed by atoms with Gasteiger partial charge in [-0.15, -0.1) is 0 Å². The number of fused-ring (bicyclic) bond motifs is 3. The minimum atomic E-state index is -0.704. The minimum Gasteiger partial charge on any atom is -0.454 e. The Kier molecular flexibility index (Phi) is 5.68. The number of esters is 2. The SMILES string of the molecule is O=C(OC1C(OC(=O)c2cccc3ccccc23)[C@H]2c3ccccc3[C@H]1c1ccccc12)c1cccc2ccccc12. The van der Waals surface area contributed by atoms with Crippen molar-refractivity contribution in [1.82, 2.24) is 0 Å². The lowest BCUT2D eigenvalue weighted by atomic mass is 9.61. The summed E-state index contributed by atoms with van der Waals surface area (Å²) >= 11 is 0. The molecule has 2 bridgehead atoms. The van der Waals surface area contributed by atoms with Gasteiger partial charge in [0.05, 0.1) is 23.0 Å². The van der Waals surface area contributed by atoms with E-state index in [1.807, 2.05) is 97.1 Å². The fraction of sp³-hybridized carbons (Fsp3) is 0.105. The molecule has 0 aliphatic heterocycles. The van der Waals surface area contributed by atoms with Crippen molar-refractivity contribution in [3.63, 3.8) is 0 Å². The summed E-state index contributed by atoms with van der Waals surface area (Å²) in [5, 5.41) is 3.59. The van der Waals surface area contributed by atoms with Crippen molar-refractivity contribution < 1.29 is 19.1 Å². The normalized spacial score (nSPS) is 20.1. The van der Waals surface area contributed by atoms with Gasteiger partial charge in [0.25, 0.3) is 0 Å². The van der Waals surface area contributed by atoms with Crippen LogP contribution in [0.15, 0.2) is 133 Å². The molecule has 0 saturated heterocycles. The third-order valence-electron chi connectivity index (χ3n) is 8.82. The number of hydrogen-bond donors (Lipinski definition) is 0. The zero-order valence-electron chi connectivity index (χ0n) is 22.6. The maximum absolute atomic E-state index is 13.9. The molecule has 0 amide bonds. The molecule has 2 atom stereocenters. The lowest BCUT2D eigenvalue weighted by Gasteiger charge is -2.49. The number of ether oxygens (including phenoxy) is 2. The van der Waals surface area contributed by atoms with E-state index < -0.39 is 24.1 Å². The Morgan fingerprint density at radius 1 is 0.405 bits per heavy atom. The number of carbonyl (C=O) groups excluding carboxylic acids is 2. The van der Waals surface area contributed by atoms with Gasteiger partial charge >= 0.3 is 11.9 Å². The molecule has 9 rings (SSSR count). The van der Waals surface area contributed by atoms with Gasteiger partial charge in [-0.25, -0.2) is 9.59 Å². The van der Waals surface area contributed by atoms with E-state index >= 15 is 0 Å². The molecule has 0 heterocycles. The number of carbonyl (C=O) groups is 2. The molecule has 6 aromatic carbocycles. The Balaban J connectivity index is 1.25. The van der Waals surface area contributed by atoms with Gasteiger partial charge in [-0.3, -0.25) is 0 Å². The Labute approximate surface area is 243 Å². The van der Waals surface area contributed by atoms with Crippen LogP contribution in [0.1, 0.15) is 54.8 Å². The van der Waals surface area contributed by atoms with Gasteiger partial charge in [-0.2, -0.15) is 0 Å². The fourth-order valence-electron chi connectivity index (χ4n) is 7.03. The van der Waals surface area contributed by atoms with Crippen LogP contribution >= 0.6 is 0 Å². The van der Waals surface area contributed by atoms with E-state index in [0.717, 1.165) is 43.8 Å². The van der Waals surface area contributed by atoms with Crippen LogP contribution in [0.3, 0.4) is 0 Å². The highest BCUT2D eigenvalue weighted by molar-refractivity contribution is 6.05. The van der Waals surface area contributed by atoms with E-state index in [2.05, 4.69) is 24.3 Å². The monoisotopic (exact) mass is 546 g/mol. The topological polar surface area (TPSA) is 52.6 Å². The fourth-order valence-corrected chi connectivity index (χ4v) is 7.03. The van der Waals surface area contributed by atoms with Crippen LogP contribution < -0.4 is 0 Å². The summed E-state index contributed by atoms with van der Waals surface area (Å²) in [7, 11) is 0. The van der Waals surface area contributed by atoms with Crippen molar-refractivity contribution in [3.8, 4) is 0 Å². The van der Waals surface area contributed by atoms with E-state index in [0.29, 0.717) is 11.1 Å². The Morgan fingerprint density at radius 3 is 1.14 bits per heavy atom. The summed E-state index contributed by atoms with van der Waals surface area (Å²) < 4.78 is 12.9. The maximum atomic E-state index is 13.9. The van der Waals surface area contributed by atoms with Crippen molar-refractivity contribution in [2.45, 2.75) is 24.0 Å². The lowest BCUT2D eigenvalue weighted by molar-refractivity contribution is -0.0555. The molecule has 0 saturated carbocycles. The quantitative estimate of drug-likeness (QED) is 0.210. The van der Waals surface area contributed by atoms with Crippen LogP contribution in [0.25, 0.3) is 21.5 Å². The maximum Gasteiger partial charge on any atom is 0.339 e. The summed E-state index contributed by atoms with van der Waals surface area (Å²) in [6.07, 6.45) is -1.41. The predicted octanol–water partition coefficient (Wildman–Crippen LogP) is 8.04. The minimum absolute atomic E-state index is 0.272. The van der Waals surface area contributed by atoms with Crippen LogP contribution in [0, 0.1) is 0 Å². The average molecular weight is 547 g/mol. The molecule has 0 aromatic heterocycles. The zero-order chi connectivity index (χ0) is 28.2. The summed E-state index contributed by atoms with van der Waals surface area (Å²) in [6, 6.07) is 43.3. The van der Waals surface area contributed by atoms with Crippen molar-refractivity contribution in [2.24, 2.45) is 0 Å². The van der Waals surface area contributed by atoms with Gasteiger partial charge in [0, 0.05) is 0 Å². The highest BCUT2D eigenvalue weighted by atomic mass is 16.6. The van der Waals surface area contributed by atoms with Gasteiger partial charge in [-0.1, -0.05) is 121 Å². The van der Waals surface area contributed by atoms with E-state index in [1.54, 1.807) is 12.1 Å². The molecule has 0 radical (unpaired) electrons. The number of hydrogen-bond acceptors (Lipinski definition) is 4. The van der Waals surface area contributed by atoms with E-state index in [-0.39, 0.29) is 11.8 Å². The molecule has 2 unspecified atom stereocenters. The molecule has 3 aliphatic carbocycles. The summed E-state index contributed by atoms with van der Waals surface area (Å²) in [5.41, 5.74) is 5.41. The van der Waals surface area contributed by atoms with Crippen molar-refractivity contribution in [1.29, 1.82) is 0 Å². The standard InChI is InChI=1S/C38H26O4/c39-37(31-21-9-13-23-11-1-3-15-25(23)31)41-35-33-27-17-5-7-19-29(27)34(30-20-8-6-18-28(30)33)36(35)42-38(40)32-22-10-14-24-12-2-4-16-26(24)32/h1-22,33-36H/t33-,34-,35?,36?. The summed E-state index contributed by atoms with van der Waals surface area (Å²) in [4.78, 5) is 27.9. The second-order valence-corrected chi connectivity index (χ2v) is 11.0. The lowest BCUT2D eigenvalue weighted by Crippen LogP contribution is -2.51. The predicted molar refractivity (Wildman–Crippen MR) is 163 cm³/mol. The van der Waals surface area contributed by atoms with Crippen molar-refractivity contribution in [3.05, 3.63) is 167 Å². The van der Waals surface area contributed by atoms with E-state index in [1.165, 1.54) is 0 Å². The third-order valence-corrected chi connectivity index (χ3v) is 8.82. The van der Waals surface area contributed by atoms with Crippen LogP contribution in [0.4, 0.5) is 0 Å². The molecule has 0 fully saturated rings. The molecule has 0 spiro atoms. The van der Waals surface area contributed by atoms with Gasteiger partial charge < -0.3 is 9.47 Å². The molecular weight excluding hydrogens is 520 g/mol. The first kappa shape index (κ1) is 24.6. The van der Waals surface area contributed by atoms with Crippen LogP contribution in [0.2, 0.25) is 0 Å². The molecule has 4 heteroatoms. The van der Waals surface area contributed by atoms with Crippen LogP contribution in [-0.2, 0) is 9.47 Å². The number of benzene rings is 6. The average Bonchev–Trinajstić information content (AvgIpc) is 3.05. The largest absolute Gasteiger partial charge is 0.454 e. The molecule has 0 N–H and O–H groups in total. The van der Waals surface area contributed by atoms with E-state index in [4.69, 9.17) is 9.47 Å². The smallest absolute Gasteiger partial charge is 0.339 e. The Bertz CT molecular complexity index is 1820. The molecule has 6 aromatic rings. The summed E-state index contributed by atoms with van der Waals surface area (Å²) in [5.74, 6) is -1.39. The third kappa shape index (κ3) is 3.76. The van der Waals surface area contributed by atoms with Crippen molar-refractivity contribution >= 4 is 33.5 Å².